The van der Waals surface area contributed by atoms with Crippen LogP contribution in [-0.4, -0.2) is 108 Å². The summed E-state index contributed by atoms with van der Waals surface area (Å²) >= 11 is 0. The van der Waals surface area contributed by atoms with Gasteiger partial charge in [0.1, 0.15) is 12.6 Å². The van der Waals surface area contributed by atoms with Crippen molar-refractivity contribution in [2.24, 2.45) is 5.73 Å². The van der Waals surface area contributed by atoms with E-state index >= 15 is 0 Å². The van der Waals surface area contributed by atoms with Crippen LogP contribution in [0.4, 0.5) is 4.79 Å². The summed E-state index contributed by atoms with van der Waals surface area (Å²) in [6, 6.07) is -0.0643. The minimum Gasteiger partial charge on any atom is -0.379 e. The second kappa shape index (κ2) is 53.5. The van der Waals surface area contributed by atoms with Crippen molar-refractivity contribution in [2.45, 2.75) is 239 Å². The summed E-state index contributed by atoms with van der Waals surface area (Å²) in [7, 11) is 0. The van der Waals surface area contributed by atoms with Crippen molar-refractivity contribution in [2.75, 3.05) is 91.8 Å². The second-order valence-corrected chi connectivity index (χ2v) is 19.2. The van der Waals surface area contributed by atoms with Gasteiger partial charge in [0.05, 0.1) is 32.8 Å². The number of carbonyl (C=O) groups excluding carboxylic acids is 1. The molecule has 0 fully saturated rings. The fourth-order valence-corrected chi connectivity index (χ4v) is 8.60. The van der Waals surface area contributed by atoms with Gasteiger partial charge in [-0.05, 0) is 136 Å². The number of carbonyl (C=O) groups is 1. The monoisotopic (exact) mass is 920 g/mol. The lowest BCUT2D eigenvalue weighted by Gasteiger charge is -2.39. The van der Waals surface area contributed by atoms with E-state index in [9.17, 15) is 4.79 Å². The van der Waals surface area contributed by atoms with Crippen LogP contribution in [0.2, 0.25) is 0 Å². The minimum absolute atomic E-state index is 0.0643. The fourth-order valence-electron chi connectivity index (χ4n) is 8.60. The molecule has 65 heavy (non-hydrogen) atoms. The summed E-state index contributed by atoms with van der Waals surface area (Å²) < 4.78 is 13.9. The molecule has 0 bridgehead atoms. The van der Waals surface area contributed by atoms with Gasteiger partial charge >= 0.3 is 6.03 Å². The highest BCUT2D eigenvalue weighted by molar-refractivity contribution is 5.73. The number of nitrogens with two attached hydrogens (primary N) is 1. The number of ether oxygens (including phenoxy) is 2. The molecular formula is C56H115N6O3+. The molecule has 6 N–H and O–H groups in total. The Balaban J connectivity index is 4.56. The van der Waals surface area contributed by atoms with Crippen LogP contribution in [0.1, 0.15) is 233 Å². The fraction of sp³-hybridized carbons (Fsp3) is 0.911. The third-order valence-corrected chi connectivity index (χ3v) is 13.2. The number of unbranched alkanes of at least 4 members (excludes halogenated alkanes) is 25. The van der Waals surface area contributed by atoms with Crippen molar-refractivity contribution in [3.8, 4) is 0 Å². The Labute approximate surface area is 405 Å². The molecule has 9 nitrogen and oxygen atoms in total. The molecule has 0 saturated carbocycles. The van der Waals surface area contributed by atoms with Crippen molar-refractivity contribution in [3.63, 3.8) is 0 Å². The first-order valence-corrected chi connectivity index (χ1v) is 28.5. The van der Waals surface area contributed by atoms with Gasteiger partial charge < -0.3 is 41.0 Å². The van der Waals surface area contributed by atoms with Crippen molar-refractivity contribution < 1.29 is 18.8 Å². The third-order valence-electron chi connectivity index (χ3n) is 13.2. The lowest BCUT2D eigenvalue weighted by molar-refractivity contribution is -0.926. The molecule has 0 aliphatic carbocycles. The van der Waals surface area contributed by atoms with E-state index in [2.05, 4.69) is 73.3 Å². The van der Waals surface area contributed by atoms with Crippen LogP contribution in [0, 0.1) is 0 Å². The standard InChI is InChI=1S/C56H114N6O3/c1-5-9-11-13-15-17-19-21-23-25-27-29-31-33-35-39-51-64-54-55(65-52-40-36-34-32-30-28-26-24-22-20-18-16-14-12-10-6-2)53-62(7-3,8-4)50-49-61-56(63)60-48-42-47-59-45-38-37-44-58-46-41-43-57/h21-24,55,58-59H,5-20,25-54,57H2,1-4H3,(H-,60,61,63)/p+1/b23-21-,24-22-. The summed E-state index contributed by atoms with van der Waals surface area (Å²) in [5.41, 5.74) is 5.55. The van der Waals surface area contributed by atoms with E-state index in [0.717, 1.165) is 109 Å². The molecule has 0 saturated heterocycles. The van der Waals surface area contributed by atoms with Gasteiger partial charge in [-0.3, -0.25) is 0 Å². The highest BCUT2D eigenvalue weighted by Gasteiger charge is 2.28. The maximum atomic E-state index is 12.7. The number of quaternary nitrogens is 1. The minimum atomic E-state index is -0.0643. The normalized spacial score (nSPS) is 12.6. The number of nitrogens with one attached hydrogen (secondary N) is 4. The Hall–Kier alpha value is -1.49. The molecule has 9 heteroatoms. The van der Waals surface area contributed by atoms with Crippen molar-refractivity contribution >= 4 is 6.03 Å². The van der Waals surface area contributed by atoms with Crippen LogP contribution in [0.15, 0.2) is 24.3 Å². The van der Waals surface area contributed by atoms with Gasteiger partial charge in [-0.1, -0.05) is 154 Å². The van der Waals surface area contributed by atoms with E-state index in [1.807, 2.05) is 0 Å². The zero-order chi connectivity index (χ0) is 47.3. The van der Waals surface area contributed by atoms with Crippen molar-refractivity contribution in [3.05, 3.63) is 24.3 Å². The topological polar surface area (TPSA) is 110 Å². The highest BCUT2D eigenvalue weighted by Crippen LogP contribution is 2.15. The number of hydrogen-bond acceptors (Lipinski definition) is 6. The quantitative estimate of drug-likeness (QED) is 0.0236. The van der Waals surface area contributed by atoms with E-state index in [1.54, 1.807) is 0 Å². The summed E-state index contributed by atoms with van der Waals surface area (Å²) in [6.07, 6.45) is 51.0. The average molecular weight is 921 g/mol. The average Bonchev–Trinajstić information content (AvgIpc) is 3.31. The molecule has 1 atom stereocenters. The molecule has 0 aliphatic heterocycles. The number of hydrogen-bond donors (Lipinski definition) is 5. The number of urea groups is 1. The molecule has 0 spiro atoms. The molecule has 0 aromatic rings. The van der Waals surface area contributed by atoms with Gasteiger partial charge in [0.25, 0.3) is 0 Å². The van der Waals surface area contributed by atoms with Crippen LogP contribution in [0.5, 0.6) is 0 Å². The van der Waals surface area contributed by atoms with Gasteiger partial charge in [0, 0.05) is 19.8 Å². The number of likely N-dealkylation sites (N-methyl/N-ethyl adjacent to an activating group) is 1. The molecule has 0 aliphatic rings. The van der Waals surface area contributed by atoms with Gasteiger partial charge in [0.15, 0.2) is 0 Å². The Bertz CT molecular complexity index is 993. The molecule has 1 unspecified atom stereocenters. The Morgan fingerprint density at radius 3 is 1.37 bits per heavy atom. The molecular weight excluding hydrogens is 805 g/mol. The lowest BCUT2D eigenvalue weighted by Crippen LogP contribution is -2.56. The predicted molar refractivity (Wildman–Crippen MR) is 285 cm³/mol. The van der Waals surface area contributed by atoms with Gasteiger partial charge in [0.2, 0.25) is 0 Å². The maximum Gasteiger partial charge on any atom is 0.314 e. The maximum absolute atomic E-state index is 12.7. The summed E-state index contributed by atoms with van der Waals surface area (Å²) in [6.45, 7) is 21.4. The van der Waals surface area contributed by atoms with E-state index in [1.165, 1.54) is 173 Å². The molecule has 0 rings (SSSR count). The summed E-state index contributed by atoms with van der Waals surface area (Å²) in [5.74, 6) is 0. The number of amides is 2. The molecule has 0 heterocycles. The van der Waals surface area contributed by atoms with E-state index in [4.69, 9.17) is 15.2 Å². The third kappa shape index (κ3) is 47.4. The lowest BCUT2D eigenvalue weighted by atomic mass is 10.1. The number of nitrogens with zero attached hydrogens (tertiary/aromatic N) is 1. The van der Waals surface area contributed by atoms with E-state index < -0.39 is 0 Å². The van der Waals surface area contributed by atoms with Crippen molar-refractivity contribution in [1.29, 1.82) is 0 Å². The number of rotatable bonds is 54. The number of allylic oxidation sites excluding steroid dienone is 4. The predicted octanol–water partition coefficient (Wildman–Crippen LogP) is 13.3. The Kier molecular flexibility index (Phi) is 52.2. The van der Waals surface area contributed by atoms with Crippen LogP contribution in [0.3, 0.4) is 0 Å². The Morgan fingerprint density at radius 2 is 0.892 bits per heavy atom. The van der Waals surface area contributed by atoms with Crippen LogP contribution in [0.25, 0.3) is 0 Å². The van der Waals surface area contributed by atoms with Crippen LogP contribution < -0.4 is 27.0 Å². The summed E-state index contributed by atoms with van der Waals surface area (Å²) in [5, 5.41) is 13.1. The summed E-state index contributed by atoms with van der Waals surface area (Å²) in [4.78, 5) is 12.7. The molecule has 0 radical (unpaired) electrons. The zero-order valence-corrected chi connectivity index (χ0v) is 44.2. The van der Waals surface area contributed by atoms with Gasteiger partial charge in [-0.2, -0.15) is 0 Å². The smallest absolute Gasteiger partial charge is 0.314 e. The first kappa shape index (κ1) is 63.5. The first-order chi connectivity index (χ1) is 32.1. The Morgan fingerprint density at radius 1 is 0.477 bits per heavy atom. The molecule has 0 aromatic heterocycles. The molecule has 386 valence electrons. The van der Waals surface area contributed by atoms with Gasteiger partial charge in [-0.15, -0.1) is 0 Å². The second-order valence-electron chi connectivity index (χ2n) is 19.2. The molecule has 0 aromatic carbocycles. The van der Waals surface area contributed by atoms with E-state index in [0.29, 0.717) is 19.7 Å². The molecule has 2 amide bonds. The van der Waals surface area contributed by atoms with Gasteiger partial charge in [-0.25, -0.2) is 4.79 Å². The SMILES string of the molecule is CCCCCCCC/C=C\CCCCCCCCOCC(C[N+](CC)(CC)CCNC(=O)NCCCNCCCCNCCCN)OCCCCCCCC/C=C\CCCCCCCC. The van der Waals surface area contributed by atoms with Crippen LogP contribution in [-0.2, 0) is 9.47 Å². The van der Waals surface area contributed by atoms with E-state index in [-0.39, 0.29) is 12.1 Å². The van der Waals surface area contributed by atoms with Crippen LogP contribution >= 0.6 is 0 Å². The highest BCUT2D eigenvalue weighted by atomic mass is 16.5. The zero-order valence-electron chi connectivity index (χ0n) is 44.2. The largest absolute Gasteiger partial charge is 0.379 e. The first-order valence-electron chi connectivity index (χ1n) is 28.5. The van der Waals surface area contributed by atoms with Crippen molar-refractivity contribution in [1.82, 2.24) is 21.3 Å².